The molecule has 2 rings (SSSR count). The molecule has 2 amide bonds. The van der Waals surface area contributed by atoms with Gasteiger partial charge < -0.3 is 15.3 Å². The van der Waals surface area contributed by atoms with E-state index in [0.29, 0.717) is 19.4 Å². The van der Waals surface area contributed by atoms with Crippen LogP contribution in [0.25, 0.3) is 0 Å². The molecule has 19 heavy (non-hydrogen) atoms. The Hall–Kier alpha value is -2.04. The topological polar surface area (TPSA) is 69.6 Å². The van der Waals surface area contributed by atoms with Crippen LogP contribution < -0.4 is 5.32 Å². The van der Waals surface area contributed by atoms with E-state index in [2.05, 4.69) is 5.32 Å². The first-order valence-corrected chi connectivity index (χ1v) is 6.36. The average Bonchev–Trinajstić information content (AvgIpc) is 2.40. The first-order chi connectivity index (χ1) is 9.01. The zero-order valence-electron chi connectivity index (χ0n) is 10.9. The minimum Gasteiger partial charge on any atom is -0.481 e. The van der Waals surface area contributed by atoms with Crippen molar-refractivity contribution in [3.8, 4) is 0 Å². The quantitative estimate of drug-likeness (QED) is 0.859. The lowest BCUT2D eigenvalue weighted by molar-refractivity contribution is -0.150. The van der Waals surface area contributed by atoms with Crippen molar-refractivity contribution < 1.29 is 14.7 Å². The van der Waals surface area contributed by atoms with Crippen LogP contribution in [0.4, 0.5) is 10.5 Å². The van der Waals surface area contributed by atoms with Crippen LogP contribution in [-0.4, -0.2) is 35.1 Å². The molecule has 1 aliphatic heterocycles. The van der Waals surface area contributed by atoms with E-state index in [9.17, 15) is 14.7 Å². The second-order valence-corrected chi connectivity index (χ2v) is 5.19. The smallest absolute Gasteiger partial charge is 0.321 e. The molecule has 0 aromatic heterocycles. The Morgan fingerprint density at radius 2 is 2.00 bits per heavy atom. The van der Waals surface area contributed by atoms with Crippen molar-refractivity contribution in [1.29, 1.82) is 0 Å². The number of carbonyl (C=O) groups excluding carboxylic acids is 1. The van der Waals surface area contributed by atoms with Gasteiger partial charge in [0.25, 0.3) is 0 Å². The molecule has 1 aromatic rings. The number of rotatable bonds is 2. The number of nitrogens with zero attached hydrogens (tertiary/aromatic N) is 1. The number of para-hydroxylation sites is 1. The average molecular weight is 262 g/mol. The number of aliphatic carboxylic acids is 1. The van der Waals surface area contributed by atoms with Crippen LogP contribution in [0, 0.1) is 5.41 Å². The van der Waals surface area contributed by atoms with E-state index in [4.69, 9.17) is 0 Å². The summed E-state index contributed by atoms with van der Waals surface area (Å²) in [5.41, 5.74) is -0.123. The highest BCUT2D eigenvalue weighted by molar-refractivity contribution is 5.90. The summed E-state index contributed by atoms with van der Waals surface area (Å²) in [6.07, 6.45) is 1.32. The molecule has 1 heterocycles. The highest BCUT2D eigenvalue weighted by Gasteiger charge is 2.39. The fraction of sp³-hybridized carbons (Fsp3) is 0.429. The molecule has 1 saturated heterocycles. The Morgan fingerprint density at radius 3 is 2.63 bits per heavy atom. The van der Waals surface area contributed by atoms with Crippen LogP contribution in [0.2, 0.25) is 0 Å². The van der Waals surface area contributed by atoms with Gasteiger partial charge in [-0.1, -0.05) is 18.2 Å². The van der Waals surface area contributed by atoms with Crippen LogP contribution in [-0.2, 0) is 4.79 Å². The van der Waals surface area contributed by atoms with Crippen molar-refractivity contribution in [1.82, 2.24) is 4.90 Å². The van der Waals surface area contributed by atoms with E-state index in [1.54, 1.807) is 24.0 Å². The van der Waals surface area contributed by atoms with Gasteiger partial charge in [0.1, 0.15) is 0 Å². The van der Waals surface area contributed by atoms with E-state index >= 15 is 0 Å². The fourth-order valence-corrected chi connectivity index (χ4v) is 2.31. The molecule has 0 saturated carbocycles. The summed E-state index contributed by atoms with van der Waals surface area (Å²) in [5.74, 6) is -0.843. The standard InChI is InChI=1S/C14H18N2O3/c1-14(12(17)18)8-5-9-16(10-14)13(19)15-11-6-3-2-4-7-11/h2-4,6-7H,5,8-10H2,1H3,(H,15,19)(H,17,18). The summed E-state index contributed by atoms with van der Waals surface area (Å²) in [6.45, 7) is 2.54. The molecule has 1 fully saturated rings. The van der Waals surface area contributed by atoms with Crippen molar-refractivity contribution in [2.75, 3.05) is 18.4 Å². The summed E-state index contributed by atoms with van der Waals surface area (Å²) in [5, 5.41) is 12.0. The van der Waals surface area contributed by atoms with Gasteiger partial charge in [0.2, 0.25) is 0 Å². The summed E-state index contributed by atoms with van der Waals surface area (Å²) in [4.78, 5) is 24.9. The summed E-state index contributed by atoms with van der Waals surface area (Å²) < 4.78 is 0. The lowest BCUT2D eigenvalue weighted by atomic mass is 9.82. The third-order valence-corrected chi connectivity index (χ3v) is 3.53. The normalized spacial score (nSPS) is 22.9. The maximum absolute atomic E-state index is 12.1. The van der Waals surface area contributed by atoms with Gasteiger partial charge in [-0.15, -0.1) is 0 Å². The molecule has 1 unspecified atom stereocenters. The van der Waals surface area contributed by atoms with Gasteiger partial charge in [0.15, 0.2) is 0 Å². The number of piperidine rings is 1. The SMILES string of the molecule is CC1(C(=O)O)CCCN(C(=O)Nc2ccccc2)C1. The third kappa shape index (κ3) is 3.05. The molecule has 1 atom stereocenters. The Balaban J connectivity index is 2.02. The number of anilines is 1. The summed E-state index contributed by atoms with van der Waals surface area (Å²) in [6, 6.07) is 8.92. The predicted molar refractivity (Wildman–Crippen MR) is 72.0 cm³/mol. The molecular formula is C14H18N2O3. The van der Waals surface area contributed by atoms with E-state index in [1.165, 1.54) is 0 Å². The number of carboxylic acids is 1. The maximum Gasteiger partial charge on any atom is 0.321 e. The zero-order valence-corrected chi connectivity index (χ0v) is 10.9. The Kier molecular flexibility index (Phi) is 3.74. The second-order valence-electron chi connectivity index (χ2n) is 5.19. The van der Waals surface area contributed by atoms with Gasteiger partial charge in [-0.25, -0.2) is 4.79 Å². The first-order valence-electron chi connectivity index (χ1n) is 6.36. The molecule has 1 aliphatic rings. The molecule has 5 nitrogen and oxygen atoms in total. The number of likely N-dealkylation sites (tertiary alicyclic amines) is 1. The van der Waals surface area contributed by atoms with E-state index in [0.717, 1.165) is 5.69 Å². The number of hydrogen-bond donors (Lipinski definition) is 2. The Labute approximate surface area is 112 Å². The molecule has 5 heteroatoms. The summed E-state index contributed by atoms with van der Waals surface area (Å²) in [7, 11) is 0. The molecule has 0 aliphatic carbocycles. The number of carboxylic acid groups (broad SMARTS) is 1. The minimum atomic E-state index is -0.843. The number of nitrogens with one attached hydrogen (secondary N) is 1. The van der Waals surface area contributed by atoms with Gasteiger partial charge >= 0.3 is 12.0 Å². The maximum atomic E-state index is 12.1. The number of hydrogen-bond acceptors (Lipinski definition) is 2. The van der Waals surface area contributed by atoms with Gasteiger partial charge in [-0.3, -0.25) is 4.79 Å². The van der Waals surface area contributed by atoms with Crippen LogP contribution >= 0.6 is 0 Å². The molecule has 0 radical (unpaired) electrons. The largest absolute Gasteiger partial charge is 0.481 e. The van der Waals surface area contributed by atoms with Crippen LogP contribution in [0.1, 0.15) is 19.8 Å². The second kappa shape index (κ2) is 5.30. The fourth-order valence-electron chi connectivity index (χ4n) is 2.31. The van der Waals surface area contributed by atoms with Gasteiger partial charge in [0.05, 0.1) is 5.41 Å². The first kappa shape index (κ1) is 13.4. The van der Waals surface area contributed by atoms with Gasteiger partial charge in [0, 0.05) is 18.8 Å². The van der Waals surface area contributed by atoms with Crippen molar-refractivity contribution in [3.05, 3.63) is 30.3 Å². The number of benzene rings is 1. The van der Waals surface area contributed by atoms with E-state index in [-0.39, 0.29) is 12.6 Å². The van der Waals surface area contributed by atoms with Crippen LogP contribution in [0.3, 0.4) is 0 Å². The summed E-state index contributed by atoms with van der Waals surface area (Å²) >= 11 is 0. The minimum absolute atomic E-state index is 0.238. The molecule has 0 spiro atoms. The van der Waals surface area contributed by atoms with Gasteiger partial charge in [-0.2, -0.15) is 0 Å². The lowest BCUT2D eigenvalue weighted by Crippen LogP contribution is -2.49. The van der Waals surface area contributed by atoms with Crippen molar-refractivity contribution in [2.45, 2.75) is 19.8 Å². The van der Waals surface area contributed by atoms with Crippen molar-refractivity contribution >= 4 is 17.7 Å². The van der Waals surface area contributed by atoms with Crippen molar-refractivity contribution in [3.63, 3.8) is 0 Å². The number of urea groups is 1. The molecule has 1 aromatic carbocycles. The van der Waals surface area contributed by atoms with E-state index in [1.807, 2.05) is 18.2 Å². The third-order valence-electron chi connectivity index (χ3n) is 3.53. The highest BCUT2D eigenvalue weighted by Crippen LogP contribution is 2.29. The van der Waals surface area contributed by atoms with E-state index < -0.39 is 11.4 Å². The zero-order chi connectivity index (χ0) is 13.9. The Bertz CT molecular complexity index is 475. The number of carbonyl (C=O) groups is 2. The molecular weight excluding hydrogens is 244 g/mol. The molecule has 102 valence electrons. The van der Waals surface area contributed by atoms with Gasteiger partial charge in [-0.05, 0) is 31.9 Å². The van der Waals surface area contributed by atoms with Crippen molar-refractivity contribution in [2.24, 2.45) is 5.41 Å². The highest BCUT2D eigenvalue weighted by atomic mass is 16.4. The van der Waals surface area contributed by atoms with Crippen LogP contribution in [0.5, 0.6) is 0 Å². The molecule has 0 bridgehead atoms. The molecule has 2 N–H and O–H groups in total. The lowest BCUT2D eigenvalue weighted by Gasteiger charge is -2.37. The predicted octanol–water partition coefficient (Wildman–Crippen LogP) is 2.41. The Morgan fingerprint density at radius 1 is 1.32 bits per heavy atom. The number of amides is 2. The monoisotopic (exact) mass is 262 g/mol. The van der Waals surface area contributed by atoms with Crippen LogP contribution in [0.15, 0.2) is 30.3 Å².